The van der Waals surface area contributed by atoms with Gasteiger partial charge in [0.05, 0.1) is 6.54 Å². The Morgan fingerprint density at radius 3 is 2.61 bits per heavy atom. The van der Waals surface area contributed by atoms with Crippen LogP contribution in [0.4, 0.5) is 0 Å². The second-order valence-corrected chi connectivity index (χ2v) is 4.62. The highest BCUT2D eigenvalue weighted by Crippen LogP contribution is 2.27. The van der Waals surface area contributed by atoms with E-state index in [1.54, 1.807) is 6.19 Å². The number of benzene rings is 1. The van der Waals surface area contributed by atoms with Crippen LogP contribution < -0.4 is 5.32 Å². The molecule has 1 fully saturated rings. The lowest BCUT2D eigenvalue weighted by atomic mass is 9.89. The van der Waals surface area contributed by atoms with Gasteiger partial charge in [0.2, 0.25) is 5.91 Å². The summed E-state index contributed by atoms with van der Waals surface area (Å²) in [4.78, 5) is 13.4. The number of nitriles is 1. The van der Waals surface area contributed by atoms with E-state index in [9.17, 15) is 4.79 Å². The fraction of sp³-hybridized carbons (Fsp3) is 0.429. The number of rotatable bonds is 3. The number of likely N-dealkylation sites (tertiary alicyclic amines) is 1. The first-order chi connectivity index (χ1) is 8.79. The van der Waals surface area contributed by atoms with Gasteiger partial charge in [-0.2, -0.15) is 5.26 Å². The largest absolute Gasteiger partial charge is 0.294 e. The Morgan fingerprint density at radius 2 is 2.00 bits per heavy atom. The first-order valence-corrected chi connectivity index (χ1v) is 6.25. The maximum absolute atomic E-state index is 11.3. The highest BCUT2D eigenvalue weighted by molar-refractivity contribution is 5.79. The quantitative estimate of drug-likeness (QED) is 0.646. The molecule has 0 spiro atoms. The Balaban J connectivity index is 1.82. The van der Waals surface area contributed by atoms with E-state index in [-0.39, 0.29) is 5.91 Å². The molecular weight excluding hydrogens is 226 g/mol. The lowest BCUT2D eigenvalue weighted by molar-refractivity contribution is -0.121. The summed E-state index contributed by atoms with van der Waals surface area (Å²) in [5, 5.41) is 10.5. The average Bonchev–Trinajstić information content (AvgIpc) is 2.41. The molecule has 0 unspecified atom stereocenters. The molecular formula is C14H17N3O. The van der Waals surface area contributed by atoms with Crippen LogP contribution in [0.15, 0.2) is 30.3 Å². The minimum Gasteiger partial charge on any atom is -0.294 e. The van der Waals surface area contributed by atoms with Gasteiger partial charge < -0.3 is 0 Å². The van der Waals surface area contributed by atoms with Gasteiger partial charge in [0.15, 0.2) is 6.19 Å². The van der Waals surface area contributed by atoms with Gasteiger partial charge in [0.1, 0.15) is 0 Å². The first kappa shape index (κ1) is 12.6. The minimum atomic E-state index is -0.212. The summed E-state index contributed by atoms with van der Waals surface area (Å²) in [7, 11) is 0. The molecule has 1 aromatic rings. The summed E-state index contributed by atoms with van der Waals surface area (Å²) in [6.07, 6.45) is 3.81. The van der Waals surface area contributed by atoms with Crippen LogP contribution in [0, 0.1) is 11.5 Å². The van der Waals surface area contributed by atoms with Crippen molar-refractivity contribution in [3.8, 4) is 6.19 Å². The van der Waals surface area contributed by atoms with Crippen LogP contribution in [0.1, 0.15) is 24.3 Å². The van der Waals surface area contributed by atoms with Gasteiger partial charge >= 0.3 is 0 Å². The van der Waals surface area contributed by atoms with Gasteiger partial charge in [0.25, 0.3) is 0 Å². The standard InChI is InChI=1S/C14H17N3O/c15-11-16-14(18)10-17-8-6-13(7-9-17)12-4-2-1-3-5-12/h1-5,13H,6-10H2,(H,16,18). The maximum atomic E-state index is 11.3. The molecule has 1 aliphatic rings. The van der Waals surface area contributed by atoms with Gasteiger partial charge in [-0.15, -0.1) is 0 Å². The van der Waals surface area contributed by atoms with Crippen LogP contribution in [-0.4, -0.2) is 30.4 Å². The molecule has 94 valence electrons. The molecule has 18 heavy (non-hydrogen) atoms. The van der Waals surface area contributed by atoms with E-state index in [0.717, 1.165) is 25.9 Å². The number of amides is 1. The molecule has 1 N–H and O–H groups in total. The molecule has 0 aromatic heterocycles. The van der Waals surface area contributed by atoms with Crippen molar-refractivity contribution in [1.29, 1.82) is 5.26 Å². The van der Waals surface area contributed by atoms with Crippen LogP contribution in [-0.2, 0) is 4.79 Å². The SMILES string of the molecule is N#CNC(=O)CN1CCC(c2ccccc2)CC1. The highest BCUT2D eigenvalue weighted by Gasteiger charge is 2.21. The van der Waals surface area contributed by atoms with Crippen molar-refractivity contribution in [2.45, 2.75) is 18.8 Å². The molecule has 0 saturated carbocycles. The number of hydrogen-bond donors (Lipinski definition) is 1. The predicted octanol–water partition coefficient (Wildman–Crippen LogP) is 1.46. The number of nitrogens with zero attached hydrogens (tertiary/aromatic N) is 2. The van der Waals surface area contributed by atoms with Crippen LogP contribution >= 0.6 is 0 Å². The molecule has 2 rings (SSSR count). The van der Waals surface area contributed by atoms with Gasteiger partial charge in [-0.25, -0.2) is 0 Å². The highest BCUT2D eigenvalue weighted by atomic mass is 16.1. The molecule has 1 aromatic carbocycles. The molecule has 1 amide bonds. The topological polar surface area (TPSA) is 56.1 Å². The van der Waals surface area contributed by atoms with Crippen LogP contribution in [0.25, 0.3) is 0 Å². The third kappa shape index (κ3) is 3.31. The van der Waals surface area contributed by atoms with Crippen LogP contribution in [0.5, 0.6) is 0 Å². The Hall–Kier alpha value is -1.86. The Kier molecular flexibility index (Phi) is 4.32. The number of piperidine rings is 1. The summed E-state index contributed by atoms with van der Waals surface area (Å²) in [6.45, 7) is 2.16. The summed E-state index contributed by atoms with van der Waals surface area (Å²) in [5.41, 5.74) is 1.39. The van der Waals surface area contributed by atoms with Crippen molar-refractivity contribution >= 4 is 5.91 Å². The predicted molar refractivity (Wildman–Crippen MR) is 68.6 cm³/mol. The van der Waals surface area contributed by atoms with E-state index >= 15 is 0 Å². The second-order valence-electron chi connectivity index (χ2n) is 4.62. The summed E-state index contributed by atoms with van der Waals surface area (Å²) < 4.78 is 0. The van der Waals surface area contributed by atoms with E-state index in [4.69, 9.17) is 5.26 Å². The van der Waals surface area contributed by atoms with Crippen molar-refractivity contribution < 1.29 is 4.79 Å². The van der Waals surface area contributed by atoms with E-state index < -0.39 is 0 Å². The summed E-state index contributed by atoms with van der Waals surface area (Å²) in [5.74, 6) is 0.386. The summed E-state index contributed by atoms with van der Waals surface area (Å²) >= 11 is 0. The average molecular weight is 243 g/mol. The molecule has 1 heterocycles. The third-order valence-corrected chi connectivity index (χ3v) is 3.42. The van der Waals surface area contributed by atoms with E-state index in [0.29, 0.717) is 12.5 Å². The smallest absolute Gasteiger partial charge is 0.247 e. The summed E-state index contributed by atoms with van der Waals surface area (Å²) in [6, 6.07) is 10.5. The van der Waals surface area contributed by atoms with Gasteiger partial charge in [-0.3, -0.25) is 15.0 Å². The second kappa shape index (κ2) is 6.18. The zero-order valence-corrected chi connectivity index (χ0v) is 10.3. The molecule has 0 atom stereocenters. The van der Waals surface area contributed by atoms with Crippen molar-refractivity contribution in [2.24, 2.45) is 0 Å². The third-order valence-electron chi connectivity index (χ3n) is 3.42. The minimum absolute atomic E-state index is 0.212. The molecule has 0 bridgehead atoms. The number of carbonyl (C=O) groups excluding carboxylic acids is 1. The Bertz CT molecular complexity index is 430. The number of nitrogens with one attached hydrogen (secondary N) is 1. The van der Waals surface area contributed by atoms with Crippen molar-refractivity contribution in [1.82, 2.24) is 10.2 Å². The fourth-order valence-corrected chi connectivity index (χ4v) is 2.45. The molecule has 4 heteroatoms. The van der Waals surface area contributed by atoms with Crippen LogP contribution in [0.3, 0.4) is 0 Å². The number of hydrogen-bond acceptors (Lipinski definition) is 3. The van der Waals surface area contributed by atoms with Gasteiger partial charge in [-0.1, -0.05) is 30.3 Å². The molecule has 1 aliphatic heterocycles. The maximum Gasteiger partial charge on any atom is 0.247 e. The van der Waals surface area contributed by atoms with Gasteiger partial charge in [-0.05, 0) is 37.4 Å². The molecule has 4 nitrogen and oxygen atoms in total. The van der Waals surface area contributed by atoms with E-state index in [1.165, 1.54) is 5.56 Å². The van der Waals surface area contributed by atoms with Gasteiger partial charge in [0, 0.05) is 0 Å². The van der Waals surface area contributed by atoms with Crippen molar-refractivity contribution in [3.05, 3.63) is 35.9 Å². The lowest BCUT2D eigenvalue weighted by Crippen LogP contribution is -2.40. The molecule has 0 aliphatic carbocycles. The Morgan fingerprint density at radius 1 is 1.33 bits per heavy atom. The fourth-order valence-electron chi connectivity index (χ4n) is 2.45. The lowest BCUT2D eigenvalue weighted by Gasteiger charge is -2.31. The van der Waals surface area contributed by atoms with E-state index in [2.05, 4.69) is 34.5 Å². The zero-order chi connectivity index (χ0) is 12.8. The normalized spacial score (nSPS) is 17.1. The first-order valence-electron chi connectivity index (χ1n) is 6.25. The van der Waals surface area contributed by atoms with E-state index in [1.807, 2.05) is 6.07 Å². The number of carbonyl (C=O) groups is 1. The zero-order valence-electron chi connectivity index (χ0n) is 10.3. The van der Waals surface area contributed by atoms with Crippen LogP contribution in [0.2, 0.25) is 0 Å². The monoisotopic (exact) mass is 243 g/mol. The Labute approximate surface area is 107 Å². The molecule has 0 radical (unpaired) electrons. The van der Waals surface area contributed by atoms with Crippen molar-refractivity contribution in [3.63, 3.8) is 0 Å². The van der Waals surface area contributed by atoms with Crippen molar-refractivity contribution in [2.75, 3.05) is 19.6 Å². The molecule has 1 saturated heterocycles.